The average Bonchev–Trinajstić information content (AvgIpc) is 2.18. The normalized spacial score (nSPS) is 22.5. The molecule has 0 spiro atoms. The third-order valence-corrected chi connectivity index (χ3v) is 2.89. The van der Waals surface area contributed by atoms with Crippen molar-refractivity contribution in [2.24, 2.45) is 5.73 Å². The molecule has 1 aliphatic heterocycles. The Morgan fingerprint density at radius 2 is 2.00 bits per heavy atom. The molecule has 0 aliphatic carbocycles. The van der Waals surface area contributed by atoms with Crippen LogP contribution in [0, 0.1) is 0 Å². The Hall–Kier alpha value is -0.0551. The zero-order valence-electron chi connectivity index (χ0n) is 9.87. The molecular weight excluding hydrogens is 187 g/mol. The van der Waals surface area contributed by atoms with E-state index in [1.54, 1.807) is 0 Å². The van der Waals surface area contributed by atoms with E-state index >= 15 is 0 Å². The van der Waals surface area contributed by atoms with E-state index in [0.717, 1.165) is 58.4 Å². The van der Waals surface area contributed by atoms with Crippen LogP contribution in [0.4, 0.5) is 0 Å². The molecule has 2 radical (unpaired) electrons. The highest BCUT2D eigenvalue weighted by atomic mass is 16.5. The first-order valence-electron chi connectivity index (χ1n) is 5.93. The summed E-state index contributed by atoms with van der Waals surface area (Å²) in [6.45, 7) is 6.84. The van der Waals surface area contributed by atoms with Crippen molar-refractivity contribution < 1.29 is 4.74 Å². The van der Waals surface area contributed by atoms with Gasteiger partial charge in [-0.15, -0.1) is 0 Å². The largest absolute Gasteiger partial charge is 0.379 e. The summed E-state index contributed by atoms with van der Waals surface area (Å²) in [7, 11) is 5.47. The molecule has 2 N–H and O–H groups in total. The van der Waals surface area contributed by atoms with Crippen molar-refractivity contribution in [3.8, 4) is 0 Å². The lowest BCUT2D eigenvalue weighted by Crippen LogP contribution is -2.50. The molecule has 3 nitrogen and oxygen atoms in total. The van der Waals surface area contributed by atoms with Crippen molar-refractivity contribution in [2.75, 3.05) is 32.8 Å². The Bertz CT molecular complexity index is 170. The molecular formula is C11H23BN2O. The Labute approximate surface area is 94.7 Å². The van der Waals surface area contributed by atoms with Crippen LogP contribution in [-0.2, 0) is 4.74 Å². The lowest BCUT2D eigenvalue weighted by molar-refractivity contribution is 0.0280. The van der Waals surface area contributed by atoms with Crippen LogP contribution in [0.5, 0.6) is 0 Å². The zero-order chi connectivity index (χ0) is 11.1. The van der Waals surface area contributed by atoms with Gasteiger partial charge < -0.3 is 10.5 Å². The Balaban J connectivity index is 2.20. The van der Waals surface area contributed by atoms with Gasteiger partial charge in [-0.25, -0.2) is 0 Å². The third-order valence-electron chi connectivity index (χ3n) is 2.89. The molecule has 1 heterocycles. The third kappa shape index (κ3) is 5.54. The minimum Gasteiger partial charge on any atom is -0.379 e. The van der Waals surface area contributed by atoms with Crippen molar-refractivity contribution in [1.29, 1.82) is 0 Å². The smallest absolute Gasteiger partial charge is 0.0653 e. The second kappa shape index (κ2) is 6.51. The van der Waals surface area contributed by atoms with Crippen LogP contribution in [0.15, 0.2) is 0 Å². The van der Waals surface area contributed by atoms with Gasteiger partial charge in [-0.2, -0.15) is 0 Å². The number of rotatable bonds is 6. The molecule has 4 heteroatoms. The summed E-state index contributed by atoms with van der Waals surface area (Å²) >= 11 is 0. The summed E-state index contributed by atoms with van der Waals surface area (Å²) in [4.78, 5) is 2.39. The second-order valence-electron chi connectivity index (χ2n) is 4.79. The fourth-order valence-electron chi connectivity index (χ4n) is 2.02. The Morgan fingerprint density at radius 3 is 2.60 bits per heavy atom. The lowest BCUT2D eigenvalue weighted by Gasteiger charge is -2.34. The maximum atomic E-state index is 6.27. The molecule has 1 fully saturated rings. The average molecular weight is 210 g/mol. The summed E-state index contributed by atoms with van der Waals surface area (Å²) in [5, 5.41) is 0. The van der Waals surface area contributed by atoms with Gasteiger partial charge in [0.1, 0.15) is 0 Å². The molecule has 1 atom stereocenters. The summed E-state index contributed by atoms with van der Waals surface area (Å²) in [5.74, 6) is 0. The van der Waals surface area contributed by atoms with Crippen molar-refractivity contribution >= 4 is 7.85 Å². The highest BCUT2D eigenvalue weighted by Crippen LogP contribution is 2.14. The van der Waals surface area contributed by atoms with Gasteiger partial charge in [0.05, 0.1) is 21.1 Å². The molecule has 1 aliphatic rings. The number of ether oxygens (including phenoxy) is 1. The van der Waals surface area contributed by atoms with Gasteiger partial charge >= 0.3 is 0 Å². The Kier molecular flexibility index (Phi) is 5.65. The van der Waals surface area contributed by atoms with Crippen LogP contribution < -0.4 is 5.73 Å². The molecule has 0 aromatic carbocycles. The minimum absolute atomic E-state index is 0.0769. The first-order valence-corrected chi connectivity index (χ1v) is 5.93. The number of nitrogens with two attached hydrogens (primary N) is 1. The summed E-state index contributed by atoms with van der Waals surface area (Å²) < 4.78 is 5.31. The van der Waals surface area contributed by atoms with Crippen molar-refractivity contribution in [2.45, 2.75) is 38.0 Å². The van der Waals surface area contributed by atoms with Crippen molar-refractivity contribution in [3.05, 3.63) is 0 Å². The van der Waals surface area contributed by atoms with Crippen molar-refractivity contribution in [1.82, 2.24) is 4.90 Å². The second-order valence-corrected chi connectivity index (χ2v) is 4.79. The topological polar surface area (TPSA) is 38.5 Å². The number of unbranched alkanes of at least 4 members (excludes halogenated alkanes) is 1. The highest BCUT2D eigenvalue weighted by molar-refractivity contribution is 6.08. The van der Waals surface area contributed by atoms with Gasteiger partial charge in [-0.1, -0.05) is 19.2 Å². The Morgan fingerprint density at radius 1 is 1.33 bits per heavy atom. The predicted molar refractivity (Wildman–Crippen MR) is 64.3 cm³/mol. The van der Waals surface area contributed by atoms with Crippen LogP contribution in [0.1, 0.15) is 26.2 Å². The van der Waals surface area contributed by atoms with Gasteiger partial charge in [0.2, 0.25) is 0 Å². The van der Waals surface area contributed by atoms with E-state index in [0.29, 0.717) is 0 Å². The van der Waals surface area contributed by atoms with Crippen LogP contribution in [0.25, 0.3) is 0 Å². The molecule has 0 bridgehead atoms. The predicted octanol–water partition coefficient (Wildman–Crippen LogP) is 0.793. The summed E-state index contributed by atoms with van der Waals surface area (Å²) in [6.07, 6.45) is 4.04. The maximum Gasteiger partial charge on any atom is 0.0653 e. The first-order chi connectivity index (χ1) is 7.14. The van der Waals surface area contributed by atoms with Crippen molar-refractivity contribution in [3.63, 3.8) is 0 Å². The zero-order valence-corrected chi connectivity index (χ0v) is 9.87. The fraction of sp³-hybridized carbons (Fsp3) is 1.00. The number of nitrogens with zero attached hydrogens (tertiary/aromatic N) is 1. The van der Waals surface area contributed by atoms with Gasteiger partial charge in [-0.3, -0.25) is 4.90 Å². The van der Waals surface area contributed by atoms with E-state index in [9.17, 15) is 0 Å². The molecule has 1 rings (SSSR count). The lowest BCUT2D eigenvalue weighted by atomic mass is 9.91. The van der Waals surface area contributed by atoms with Gasteiger partial charge in [-0.05, 0) is 13.3 Å². The molecule has 1 unspecified atom stereocenters. The number of hydrogen-bond acceptors (Lipinski definition) is 3. The fourth-order valence-corrected chi connectivity index (χ4v) is 2.02. The van der Waals surface area contributed by atoms with Crippen LogP contribution in [-0.4, -0.2) is 51.1 Å². The summed E-state index contributed by atoms with van der Waals surface area (Å²) in [5.41, 5.74) is 6.19. The monoisotopic (exact) mass is 210 g/mol. The van der Waals surface area contributed by atoms with Crippen LogP contribution in [0.2, 0.25) is 6.32 Å². The molecule has 86 valence electrons. The van der Waals surface area contributed by atoms with Crippen LogP contribution >= 0.6 is 0 Å². The van der Waals surface area contributed by atoms with Gasteiger partial charge in [0, 0.05) is 25.2 Å². The van der Waals surface area contributed by atoms with E-state index in [1.807, 2.05) is 0 Å². The first kappa shape index (κ1) is 13.0. The molecule has 0 amide bonds. The molecule has 0 saturated carbocycles. The standard InChI is InChI=1S/C11H23BN2O/c1-11(13,4-2-3-5-12)10-14-6-8-15-9-7-14/h2-10,13H2,1H3. The summed E-state index contributed by atoms with van der Waals surface area (Å²) in [6, 6.07) is 0. The highest BCUT2D eigenvalue weighted by Gasteiger charge is 2.22. The number of hydrogen-bond donors (Lipinski definition) is 1. The number of morpholine rings is 1. The minimum atomic E-state index is -0.0769. The molecule has 0 aromatic rings. The molecule has 1 saturated heterocycles. The molecule has 15 heavy (non-hydrogen) atoms. The SMILES string of the molecule is [B]CCCCC(C)(N)CN1CCOCC1. The van der Waals surface area contributed by atoms with E-state index < -0.39 is 0 Å². The van der Waals surface area contributed by atoms with Crippen LogP contribution in [0.3, 0.4) is 0 Å². The van der Waals surface area contributed by atoms with Gasteiger partial charge in [0.25, 0.3) is 0 Å². The van der Waals surface area contributed by atoms with Gasteiger partial charge in [0.15, 0.2) is 0 Å². The van der Waals surface area contributed by atoms with E-state index in [1.165, 1.54) is 0 Å². The maximum absolute atomic E-state index is 6.27. The van der Waals surface area contributed by atoms with E-state index in [-0.39, 0.29) is 5.54 Å². The van der Waals surface area contributed by atoms with E-state index in [4.69, 9.17) is 18.3 Å². The molecule has 0 aromatic heterocycles. The quantitative estimate of drug-likeness (QED) is 0.520. The van der Waals surface area contributed by atoms with E-state index in [2.05, 4.69) is 11.8 Å².